The molecule has 4 aromatic rings. The molecule has 0 bridgehead atoms. The van der Waals surface area contributed by atoms with Crippen LogP contribution < -0.4 is 0 Å². The summed E-state index contributed by atoms with van der Waals surface area (Å²) < 4.78 is 2.51. The summed E-state index contributed by atoms with van der Waals surface area (Å²) in [7, 11) is 0. The maximum Gasteiger partial charge on any atom is 0.0130 e. The van der Waals surface area contributed by atoms with Gasteiger partial charge in [-0.25, -0.2) is 0 Å². The predicted molar refractivity (Wildman–Crippen MR) is 128 cm³/mol. The SMILES string of the molecule is Ic1ccc(-c2ccccc2-c2ccccc2-c2ccc(I)cc2)cc1. The molecule has 0 fully saturated rings. The van der Waals surface area contributed by atoms with Crippen LogP contribution in [0.2, 0.25) is 0 Å². The summed E-state index contributed by atoms with van der Waals surface area (Å²) in [4.78, 5) is 0. The maximum atomic E-state index is 2.35. The Morgan fingerprint density at radius 2 is 0.654 bits per heavy atom. The molecule has 2 heteroatoms. The van der Waals surface area contributed by atoms with Gasteiger partial charge in [-0.15, -0.1) is 0 Å². The zero-order valence-corrected chi connectivity index (χ0v) is 18.3. The minimum Gasteiger partial charge on any atom is -0.0616 e. The Balaban J connectivity index is 1.90. The van der Waals surface area contributed by atoms with Crippen LogP contribution >= 0.6 is 45.2 Å². The smallest absolute Gasteiger partial charge is 0.0130 e. The molecule has 0 spiro atoms. The van der Waals surface area contributed by atoms with E-state index in [1.54, 1.807) is 0 Å². The Kier molecular flexibility index (Phi) is 5.41. The molecule has 0 heterocycles. The topological polar surface area (TPSA) is 0 Å². The predicted octanol–water partition coefficient (Wildman–Crippen LogP) is 7.90. The number of hydrogen-bond acceptors (Lipinski definition) is 0. The quantitative estimate of drug-likeness (QED) is 0.225. The highest BCUT2D eigenvalue weighted by molar-refractivity contribution is 14.1. The van der Waals surface area contributed by atoms with Gasteiger partial charge in [-0.3, -0.25) is 0 Å². The third-order valence-electron chi connectivity index (χ3n) is 4.45. The standard InChI is InChI=1S/C24H16I2/c25-19-13-9-17(10-14-19)21-5-1-3-7-23(21)24-8-4-2-6-22(24)18-11-15-20(26)16-12-18/h1-16H. The summed E-state index contributed by atoms with van der Waals surface area (Å²) in [6.07, 6.45) is 0. The van der Waals surface area contributed by atoms with Gasteiger partial charge in [-0.2, -0.15) is 0 Å². The van der Waals surface area contributed by atoms with Gasteiger partial charge in [0.15, 0.2) is 0 Å². The van der Waals surface area contributed by atoms with Gasteiger partial charge in [0.2, 0.25) is 0 Å². The molecular formula is C24H16I2. The van der Waals surface area contributed by atoms with Gasteiger partial charge in [0.05, 0.1) is 0 Å². The highest BCUT2D eigenvalue weighted by atomic mass is 127. The average molecular weight is 558 g/mol. The van der Waals surface area contributed by atoms with Crippen molar-refractivity contribution >= 4 is 45.2 Å². The highest BCUT2D eigenvalue weighted by Crippen LogP contribution is 2.38. The molecule has 0 aromatic heterocycles. The van der Waals surface area contributed by atoms with E-state index in [1.807, 2.05) is 0 Å². The van der Waals surface area contributed by atoms with E-state index < -0.39 is 0 Å². The molecule has 0 N–H and O–H groups in total. The second kappa shape index (κ2) is 7.92. The zero-order valence-electron chi connectivity index (χ0n) is 14.0. The van der Waals surface area contributed by atoms with E-state index in [9.17, 15) is 0 Å². The molecule has 0 aliphatic carbocycles. The van der Waals surface area contributed by atoms with Gasteiger partial charge in [-0.05, 0) is 103 Å². The van der Waals surface area contributed by atoms with Gasteiger partial charge < -0.3 is 0 Å². The van der Waals surface area contributed by atoms with E-state index in [0.717, 1.165) is 0 Å². The van der Waals surface area contributed by atoms with E-state index in [-0.39, 0.29) is 0 Å². The van der Waals surface area contributed by atoms with Gasteiger partial charge in [0, 0.05) is 7.14 Å². The molecular weight excluding hydrogens is 542 g/mol. The van der Waals surface area contributed by atoms with E-state index in [4.69, 9.17) is 0 Å². The van der Waals surface area contributed by atoms with E-state index >= 15 is 0 Å². The summed E-state index contributed by atoms with van der Waals surface area (Å²) in [5, 5.41) is 0. The van der Waals surface area contributed by atoms with Crippen LogP contribution in [0.4, 0.5) is 0 Å². The van der Waals surface area contributed by atoms with Gasteiger partial charge in [0.25, 0.3) is 0 Å². The first-order valence-electron chi connectivity index (χ1n) is 8.43. The largest absolute Gasteiger partial charge is 0.0616 e. The molecule has 0 unspecified atom stereocenters. The lowest BCUT2D eigenvalue weighted by atomic mass is 9.89. The molecule has 0 saturated heterocycles. The van der Waals surface area contributed by atoms with Crippen LogP contribution in [-0.4, -0.2) is 0 Å². The molecule has 4 rings (SSSR count). The fourth-order valence-corrected chi connectivity index (χ4v) is 3.92. The van der Waals surface area contributed by atoms with Crippen LogP contribution in [0.1, 0.15) is 0 Å². The number of benzene rings is 4. The third kappa shape index (κ3) is 3.71. The molecule has 26 heavy (non-hydrogen) atoms. The first-order valence-corrected chi connectivity index (χ1v) is 10.6. The molecule has 0 saturated carbocycles. The van der Waals surface area contributed by atoms with Gasteiger partial charge >= 0.3 is 0 Å². The highest BCUT2D eigenvalue weighted by Gasteiger charge is 2.11. The van der Waals surface area contributed by atoms with Crippen molar-refractivity contribution in [2.24, 2.45) is 0 Å². The summed E-state index contributed by atoms with van der Waals surface area (Å²) in [6, 6.07) is 34.8. The first kappa shape index (κ1) is 17.7. The summed E-state index contributed by atoms with van der Waals surface area (Å²) in [5.41, 5.74) is 7.56. The van der Waals surface area contributed by atoms with Crippen molar-refractivity contribution < 1.29 is 0 Å². The summed E-state index contributed by atoms with van der Waals surface area (Å²) in [6.45, 7) is 0. The Hall–Kier alpha value is -1.66. The second-order valence-corrected chi connectivity index (χ2v) is 8.60. The number of hydrogen-bond donors (Lipinski definition) is 0. The van der Waals surface area contributed by atoms with Crippen molar-refractivity contribution in [3.63, 3.8) is 0 Å². The van der Waals surface area contributed by atoms with Crippen LogP contribution in [-0.2, 0) is 0 Å². The number of halogens is 2. The molecule has 0 radical (unpaired) electrons. The van der Waals surface area contributed by atoms with E-state index in [1.165, 1.54) is 40.5 Å². The molecule has 0 amide bonds. The van der Waals surface area contributed by atoms with E-state index in [2.05, 4.69) is 142 Å². The van der Waals surface area contributed by atoms with Crippen LogP contribution in [0.15, 0.2) is 97.1 Å². The zero-order chi connectivity index (χ0) is 17.9. The summed E-state index contributed by atoms with van der Waals surface area (Å²) >= 11 is 4.70. The molecule has 4 aromatic carbocycles. The van der Waals surface area contributed by atoms with Crippen LogP contribution in [0.25, 0.3) is 33.4 Å². The maximum absolute atomic E-state index is 2.35. The van der Waals surface area contributed by atoms with Crippen LogP contribution in [0, 0.1) is 7.14 Å². The second-order valence-electron chi connectivity index (χ2n) is 6.10. The Morgan fingerprint density at radius 1 is 0.346 bits per heavy atom. The molecule has 0 aliphatic rings. The number of rotatable bonds is 3. The third-order valence-corrected chi connectivity index (χ3v) is 5.89. The van der Waals surface area contributed by atoms with Crippen molar-refractivity contribution in [2.75, 3.05) is 0 Å². The minimum atomic E-state index is 1.25. The molecule has 0 atom stereocenters. The Morgan fingerprint density at radius 3 is 1.00 bits per heavy atom. The molecule has 126 valence electrons. The normalized spacial score (nSPS) is 10.7. The summed E-state index contributed by atoms with van der Waals surface area (Å²) in [5.74, 6) is 0. The van der Waals surface area contributed by atoms with Crippen molar-refractivity contribution in [1.29, 1.82) is 0 Å². The van der Waals surface area contributed by atoms with Gasteiger partial charge in [-0.1, -0.05) is 72.8 Å². The van der Waals surface area contributed by atoms with E-state index in [0.29, 0.717) is 0 Å². The van der Waals surface area contributed by atoms with Gasteiger partial charge in [0.1, 0.15) is 0 Å². The lowest BCUT2D eigenvalue weighted by molar-refractivity contribution is 1.55. The average Bonchev–Trinajstić information content (AvgIpc) is 2.69. The molecule has 0 aliphatic heterocycles. The van der Waals surface area contributed by atoms with Crippen molar-refractivity contribution in [3.05, 3.63) is 104 Å². The molecule has 0 nitrogen and oxygen atoms in total. The van der Waals surface area contributed by atoms with Crippen molar-refractivity contribution in [2.45, 2.75) is 0 Å². The minimum absolute atomic E-state index is 1.25. The Labute approximate surface area is 181 Å². The fourth-order valence-electron chi connectivity index (χ4n) is 3.20. The first-order chi connectivity index (χ1) is 12.7. The lowest BCUT2D eigenvalue weighted by Gasteiger charge is -2.15. The van der Waals surface area contributed by atoms with Crippen molar-refractivity contribution in [3.8, 4) is 33.4 Å². The fraction of sp³-hybridized carbons (Fsp3) is 0. The monoisotopic (exact) mass is 558 g/mol. The lowest BCUT2D eigenvalue weighted by Crippen LogP contribution is -1.89. The van der Waals surface area contributed by atoms with Crippen LogP contribution in [0.3, 0.4) is 0 Å². The Bertz CT molecular complexity index is 945. The van der Waals surface area contributed by atoms with Crippen molar-refractivity contribution in [1.82, 2.24) is 0 Å². The van der Waals surface area contributed by atoms with Crippen LogP contribution in [0.5, 0.6) is 0 Å².